The first-order chi connectivity index (χ1) is 9.75. The molecule has 20 heavy (non-hydrogen) atoms. The molecule has 2 aromatic rings. The third-order valence-corrected chi connectivity index (χ3v) is 4.85. The van der Waals surface area contributed by atoms with E-state index in [0.717, 1.165) is 24.3 Å². The van der Waals surface area contributed by atoms with E-state index in [1.807, 2.05) is 24.3 Å². The van der Waals surface area contributed by atoms with Crippen molar-refractivity contribution in [2.24, 2.45) is 0 Å². The van der Waals surface area contributed by atoms with Gasteiger partial charge in [-0.05, 0) is 24.1 Å². The summed E-state index contributed by atoms with van der Waals surface area (Å²) in [4.78, 5) is 1.22. The number of aliphatic hydroxyl groups excluding tert-OH is 1. The Bertz CT molecular complexity index is 610. The van der Waals surface area contributed by atoms with Gasteiger partial charge < -0.3 is 9.84 Å². The summed E-state index contributed by atoms with van der Waals surface area (Å²) in [5, 5.41) is 10.4. The molecule has 1 unspecified atom stereocenters. The fourth-order valence-corrected chi connectivity index (χ4v) is 3.47. The quantitative estimate of drug-likeness (QED) is 0.868. The second kappa shape index (κ2) is 5.90. The van der Waals surface area contributed by atoms with Crippen LogP contribution in [-0.2, 0) is 6.42 Å². The number of para-hydroxylation sites is 1. The van der Waals surface area contributed by atoms with Gasteiger partial charge in [0.2, 0.25) is 0 Å². The van der Waals surface area contributed by atoms with Gasteiger partial charge in [-0.3, -0.25) is 0 Å². The number of thioether (sulfide) groups is 1. The second-order valence-electron chi connectivity index (χ2n) is 5.03. The maximum absolute atomic E-state index is 10.4. The molecule has 1 heterocycles. The molecule has 3 heteroatoms. The summed E-state index contributed by atoms with van der Waals surface area (Å²) in [5.41, 5.74) is 3.38. The van der Waals surface area contributed by atoms with Gasteiger partial charge in [0.25, 0.3) is 0 Å². The Morgan fingerprint density at radius 2 is 2.05 bits per heavy atom. The van der Waals surface area contributed by atoms with Crippen molar-refractivity contribution in [3.8, 4) is 5.75 Å². The van der Waals surface area contributed by atoms with Crippen LogP contribution in [0.15, 0.2) is 47.4 Å². The molecule has 104 valence electrons. The van der Waals surface area contributed by atoms with Crippen LogP contribution < -0.4 is 4.74 Å². The molecule has 0 fully saturated rings. The summed E-state index contributed by atoms with van der Waals surface area (Å²) < 4.78 is 5.66. The fourth-order valence-electron chi connectivity index (χ4n) is 2.48. The lowest BCUT2D eigenvalue weighted by Crippen LogP contribution is -2.03. The summed E-state index contributed by atoms with van der Waals surface area (Å²) in [6.07, 6.45) is 0.452. The van der Waals surface area contributed by atoms with Crippen molar-refractivity contribution in [1.82, 2.24) is 0 Å². The predicted molar refractivity (Wildman–Crippen MR) is 82.5 cm³/mol. The Labute approximate surface area is 123 Å². The predicted octanol–water partition coefficient (Wildman–Crippen LogP) is 3.76. The van der Waals surface area contributed by atoms with Gasteiger partial charge >= 0.3 is 0 Å². The molecule has 1 aliphatic rings. The fraction of sp³-hybridized carbons (Fsp3) is 0.294. The number of rotatable bonds is 4. The highest BCUT2D eigenvalue weighted by Crippen LogP contribution is 2.36. The number of aryl methyl sites for hydroxylation is 1. The Balaban J connectivity index is 1.73. The lowest BCUT2D eigenvalue weighted by atomic mass is 10.0. The van der Waals surface area contributed by atoms with Crippen LogP contribution in [0.2, 0.25) is 0 Å². The van der Waals surface area contributed by atoms with Crippen molar-refractivity contribution >= 4 is 11.8 Å². The third kappa shape index (κ3) is 2.69. The van der Waals surface area contributed by atoms with Crippen molar-refractivity contribution in [3.05, 3.63) is 59.2 Å². The average molecular weight is 286 g/mol. The Kier molecular flexibility index (Phi) is 3.99. The number of hydrogen-bond donors (Lipinski definition) is 1. The molecule has 3 rings (SSSR count). The van der Waals surface area contributed by atoms with Crippen LogP contribution in [0.4, 0.5) is 0 Å². The van der Waals surface area contributed by atoms with Crippen LogP contribution in [0.5, 0.6) is 5.75 Å². The Morgan fingerprint density at radius 1 is 1.20 bits per heavy atom. The second-order valence-corrected chi connectivity index (χ2v) is 6.09. The third-order valence-electron chi connectivity index (χ3n) is 3.59. The van der Waals surface area contributed by atoms with Gasteiger partial charge in [0, 0.05) is 22.6 Å². The lowest BCUT2D eigenvalue weighted by Gasteiger charge is -2.15. The van der Waals surface area contributed by atoms with Crippen molar-refractivity contribution in [3.63, 3.8) is 0 Å². The first-order valence-corrected chi connectivity index (χ1v) is 7.85. The molecule has 0 radical (unpaired) electrons. The van der Waals surface area contributed by atoms with E-state index in [4.69, 9.17) is 4.74 Å². The SMILES string of the molecule is Cc1ccccc1SCC(O)c1cccc2c1OCC2. The van der Waals surface area contributed by atoms with Crippen LogP contribution in [-0.4, -0.2) is 17.5 Å². The largest absolute Gasteiger partial charge is 0.493 e. The van der Waals surface area contributed by atoms with E-state index in [9.17, 15) is 5.11 Å². The van der Waals surface area contributed by atoms with E-state index in [-0.39, 0.29) is 0 Å². The number of ether oxygens (including phenoxy) is 1. The molecule has 0 saturated carbocycles. The van der Waals surface area contributed by atoms with Gasteiger partial charge in [-0.15, -0.1) is 11.8 Å². The first kappa shape index (κ1) is 13.5. The van der Waals surface area contributed by atoms with Crippen LogP contribution in [0.25, 0.3) is 0 Å². The highest BCUT2D eigenvalue weighted by atomic mass is 32.2. The summed E-state index contributed by atoms with van der Waals surface area (Å²) in [5.74, 6) is 1.54. The minimum atomic E-state index is -0.493. The molecule has 2 nitrogen and oxygen atoms in total. The Hall–Kier alpha value is -1.45. The summed E-state index contributed by atoms with van der Waals surface area (Å²) in [7, 11) is 0. The highest BCUT2D eigenvalue weighted by molar-refractivity contribution is 7.99. The van der Waals surface area contributed by atoms with Crippen molar-refractivity contribution in [2.75, 3.05) is 12.4 Å². The molecule has 0 amide bonds. The summed E-state index contributed by atoms with van der Waals surface area (Å²) >= 11 is 1.69. The van der Waals surface area contributed by atoms with Crippen LogP contribution in [0.1, 0.15) is 22.8 Å². The maximum Gasteiger partial charge on any atom is 0.128 e. The van der Waals surface area contributed by atoms with E-state index in [1.54, 1.807) is 11.8 Å². The maximum atomic E-state index is 10.4. The van der Waals surface area contributed by atoms with Gasteiger partial charge in [-0.25, -0.2) is 0 Å². The molecular formula is C17H18O2S. The van der Waals surface area contributed by atoms with Gasteiger partial charge in [0.05, 0.1) is 12.7 Å². The molecule has 1 atom stereocenters. The van der Waals surface area contributed by atoms with Crippen molar-refractivity contribution in [2.45, 2.75) is 24.3 Å². The molecule has 0 aliphatic carbocycles. The van der Waals surface area contributed by atoms with Crippen LogP contribution in [0.3, 0.4) is 0 Å². The van der Waals surface area contributed by atoms with E-state index in [2.05, 4.69) is 25.1 Å². The lowest BCUT2D eigenvalue weighted by molar-refractivity contribution is 0.198. The topological polar surface area (TPSA) is 29.5 Å². The smallest absolute Gasteiger partial charge is 0.128 e. The number of hydrogen-bond acceptors (Lipinski definition) is 3. The zero-order valence-electron chi connectivity index (χ0n) is 11.5. The molecule has 2 aromatic carbocycles. The van der Waals surface area contributed by atoms with Crippen molar-refractivity contribution in [1.29, 1.82) is 0 Å². The van der Waals surface area contributed by atoms with Gasteiger partial charge in [0.1, 0.15) is 5.75 Å². The zero-order chi connectivity index (χ0) is 13.9. The minimum absolute atomic E-state index is 0.493. The van der Waals surface area contributed by atoms with Crippen LogP contribution >= 0.6 is 11.8 Å². The summed E-state index contributed by atoms with van der Waals surface area (Å²) in [6, 6.07) is 14.3. The van der Waals surface area contributed by atoms with Gasteiger partial charge in [-0.2, -0.15) is 0 Å². The normalized spacial score (nSPS) is 14.7. The zero-order valence-corrected chi connectivity index (χ0v) is 12.3. The minimum Gasteiger partial charge on any atom is -0.493 e. The molecule has 0 bridgehead atoms. The molecule has 0 saturated heterocycles. The van der Waals surface area contributed by atoms with E-state index < -0.39 is 6.10 Å². The Morgan fingerprint density at radius 3 is 2.90 bits per heavy atom. The summed E-state index contributed by atoms with van der Waals surface area (Å²) in [6.45, 7) is 2.82. The van der Waals surface area contributed by atoms with E-state index in [0.29, 0.717) is 5.75 Å². The van der Waals surface area contributed by atoms with E-state index in [1.165, 1.54) is 16.0 Å². The molecular weight excluding hydrogens is 268 g/mol. The number of benzene rings is 2. The first-order valence-electron chi connectivity index (χ1n) is 6.87. The number of fused-ring (bicyclic) bond motifs is 1. The molecule has 0 spiro atoms. The van der Waals surface area contributed by atoms with Crippen LogP contribution in [0, 0.1) is 6.92 Å². The molecule has 1 N–H and O–H groups in total. The standard InChI is InChI=1S/C17H18O2S/c1-12-5-2-3-8-16(12)20-11-15(18)14-7-4-6-13-9-10-19-17(13)14/h2-8,15,18H,9-11H2,1H3. The average Bonchev–Trinajstić information content (AvgIpc) is 2.94. The monoisotopic (exact) mass is 286 g/mol. The highest BCUT2D eigenvalue weighted by Gasteiger charge is 2.20. The van der Waals surface area contributed by atoms with Gasteiger partial charge in [-0.1, -0.05) is 36.4 Å². The molecule has 0 aromatic heterocycles. The van der Waals surface area contributed by atoms with Crippen molar-refractivity contribution < 1.29 is 9.84 Å². The molecule has 1 aliphatic heterocycles. The van der Waals surface area contributed by atoms with Gasteiger partial charge in [0.15, 0.2) is 0 Å². The van der Waals surface area contributed by atoms with E-state index >= 15 is 0 Å². The number of aliphatic hydroxyl groups is 1.